The SMILES string of the molecule is CCNC(=O)N(CCOC)CC(=O)N(CCc1ccc(OC)c(OC)c1)Cc1ccc(C)s1. The van der Waals surface area contributed by atoms with E-state index in [1.54, 1.807) is 37.6 Å². The maximum absolute atomic E-state index is 13.3. The first-order chi connectivity index (χ1) is 15.9. The van der Waals surface area contributed by atoms with Gasteiger partial charge < -0.3 is 29.3 Å². The van der Waals surface area contributed by atoms with Crippen LogP contribution in [0.2, 0.25) is 0 Å². The zero-order chi connectivity index (χ0) is 24.2. The molecule has 33 heavy (non-hydrogen) atoms. The van der Waals surface area contributed by atoms with Gasteiger partial charge in [0.2, 0.25) is 5.91 Å². The van der Waals surface area contributed by atoms with E-state index in [0.717, 1.165) is 10.4 Å². The average molecular weight is 478 g/mol. The van der Waals surface area contributed by atoms with Crippen molar-refractivity contribution < 1.29 is 23.8 Å². The Labute approximate surface area is 200 Å². The van der Waals surface area contributed by atoms with E-state index in [4.69, 9.17) is 14.2 Å². The molecule has 1 N–H and O–H groups in total. The molecule has 9 heteroatoms. The first-order valence-corrected chi connectivity index (χ1v) is 11.8. The third-order valence-electron chi connectivity index (χ3n) is 5.12. The lowest BCUT2D eigenvalue weighted by molar-refractivity contribution is -0.132. The van der Waals surface area contributed by atoms with Crippen LogP contribution in [0.4, 0.5) is 4.79 Å². The fraction of sp³-hybridized carbons (Fsp3) is 0.500. The Balaban J connectivity index is 2.16. The predicted octanol–water partition coefficient (Wildman–Crippen LogP) is 3.32. The van der Waals surface area contributed by atoms with E-state index in [-0.39, 0.29) is 18.5 Å². The number of ether oxygens (including phenoxy) is 3. The number of carbonyl (C=O) groups is 2. The number of carbonyl (C=O) groups excluding carboxylic acids is 2. The Bertz CT molecular complexity index is 902. The molecule has 0 aliphatic rings. The highest BCUT2D eigenvalue weighted by molar-refractivity contribution is 7.11. The Kier molecular flexibility index (Phi) is 11.0. The van der Waals surface area contributed by atoms with Crippen LogP contribution in [0.1, 0.15) is 22.2 Å². The van der Waals surface area contributed by atoms with Crippen LogP contribution in [0.15, 0.2) is 30.3 Å². The molecule has 0 spiro atoms. The van der Waals surface area contributed by atoms with Crippen molar-refractivity contribution in [2.45, 2.75) is 26.8 Å². The van der Waals surface area contributed by atoms with E-state index in [0.29, 0.717) is 50.7 Å². The van der Waals surface area contributed by atoms with Crippen molar-refractivity contribution >= 4 is 23.3 Å². The minimum atomic E-state index is -0.269. The van der Waals surface area contributed by atoms with E-state index >= 15 is 0 Å². The van der Waals surface area contributed by atoms with Crippen LogP contribution in [0.3, 0.4) is 0 Å². The summed E-state index contributed by atoms with van der Waals surface area (Å²) in [6.45, 7) is 6.10. The van der Waals surface area contributed by atoms with Gasteiger partial charge in [0.15, 0.2) is 11.5 Å². The summed E-state index contributed by atoms with van der Waals surface area (Å²) in [6, 6.07) is 9.59. The van der Waals surface area contributed by atoms with Gasteiger partial charge in [0.1, 0.15) is 6.54 Å². The molecular weight excluding hydrogens is 442 g/mol. The summed E-state index contributed by atoms with van der Waals surface area (Å²) in [4.78, 5) is 31.4. The average Bonchev–Trinajstić information content (AvgIpc) is 3.23. The minimum absolute atomic E-state index is 0.00845. The molecule has 0 atom stereocenters. The van der Waals surface area contributed by atoms with Gasteiger partial charge in [-0.2, -0.15) is 0 Å². The predicted molar refractivity (Wildman–Crippen MR) is 130 cm³/mol. The summed E-state index contributed by atoms with van der Waals surface area (Å²) in [5.74, 6) is 1.21. The number of aryl methyl sites for hydroxylation is 1. The van der Waals surface area contributed by atoms with Crippen LogP contribution >= 0.6 is 11.3 Å². The topological polar surface area (TPSA) is 80.3 Å². The fourth-order valence-electron chi connectivity index (χ4n) is 3.33. The normalized spacial score (nSPS) is 10.6. The molecule has 8 nitrogen and oxygen atoms in total. The lowest BCUT2D eigenvalue weighted by Crippen LogP contribution is -2.48. The molecule has 0 radical (unpaired) electrons. The zero-order valence-electron chi connectivity index (χ0n) is 20.2. The van der Waals surface area contributed by atoms with Crippen molar-refractivity contribution in [1.82, 2.24) is 15.1 Å². The number of hydrogen-bond acceptors (Lipinski definition) is 6. The minimum Gasteiger partial charge on any atom is -0.493 e. The van der Waals surface area contributed by atoms with Gasteiger partial charge in [0.25, 0.3) is 0 Å². The molecule has 1 aromatic carbocycles. The maximum atomic E-state index is 13.3. The Hall–Kier alpha value is -2.78. The van der Waals surface area contributed by atoms with Gasteiger partial charge in [-0.1, -0.05) is 6.07 Å². The smallest absolute Gasteiger partial charge is 0.317 e. The second kappa shape index (κ2) is 13.7. The number of urea groups is 1. The van der Waals surface area contributed by atoms with Crippen molar-refractivity contribution in [2.75, 3.05) is 54.1 Å². The molecule has 0 saturated carbocycles. The van der Waals surface area contributed by atoms with Crippen molar-refractivity contribution in [1.29, 1.82) is 0 Å². The van der Waals surface area contributed by atoms with Crippen molar-refractivity contribution in [3.05, 3.63) is 45.6 Å². The highest BCUT2D eigenvalue weighted by Crippen LogP contribution is 2.28. The van der Waals surface area contributed by atoms with Crippen molar-refractivity contribution in [3.63, 3.8) is 0 Å². The maximum Gasteiger partial charge on any atom is 0.317 e. The largest absolute Gasteiger partial charge is 0.493 e. The van der Waals surface area contributed by atoms with E-state index in [1.165, 1.54) is 9.78 Å². The van der Waals surface area contributed by atoms with Crippen molar-refractivity contribution in [3.8, 4) is 11.5 Å². The Morgan fingerprint density at radius 1 is 1.00 bits per heavy atom. The monoisotopic (exact) mass is 477 g/mol. The van der Waals surface area contributed by atoms with E-state index in [9.17, 15) is 9.59 Å². The summed E-state index contributed by atoms with van der Waals surface area (Å²) >= 11 is 1.67. The quantitative estimate of drug-likeness (QED) is 0.479. The molecule has 2 aromatic rings. The summed E-state index contributed by atoms with van der Waals surface area (Å²) in [7, 11) is 4.78. The van der Waals surface area contributed by atoms with Crippen LogP contribution in [0, 0.1) is 6.92 Å². The number of thiophene rings is 1. The van der Waals surface area contributed by atoms with E-state index in [2.05, 4.69) is 11.4 Å². The molecule has 3 amide bonds. The number of amides is 3. The number of nitrogens with one attached hydrogen (secondary N) is 1. The highest BCUT2D eigenvalue weighted by atomic mass is 32.1. The molecule has 2 rings (SSSR count). The standard InChI is InChI=1S/C24H35N3O5S/c1-6-25-24(29)27(13-14-30-3)17-23(28)26(16-20-9-7-18(2)33-20)12-11-19-8-10-21(31-4)22(15-19)32-5/h7-10,15H,6,11-14,16-17H2,1-5H3,(H,25,29). The zero-order valence-corrected chi connectivity index (χ0v) is 21.0. The molecule has 0 aliphatic carbocycles. The lowest BCUT2D eigenvalue weighted by Gasteiger charge is -2.27. The molecule has 1 heterocycles. The van der Waals surface area contributed by atoms with Gasteiger partial charge in [0, 0.05) is 36.5 Å². The molecule has 0 aliphatic heterocycles. The second-order valence-electron chi connectivity index (χ2n) is 7.52. The van der Waals surface area contributed by atoms with Crippen LogP contribution < -0.4 is 14.8 Å². The van der Waals surface area contributed by atoms with Gasteiger partial charge in [-0.25, -0.2) is 4.79 Å². The molecule has 0 unspecified atom stereocenters. The van der Waals surface area contributed by atoms with Crippen LogP contribution in [0.5, 0.6) is 11.5 Å². The second-order valence-corrected chi connectivity index (χ2v) is 8.89. The molecule has 1 aromatic heterocycles. The molecule has 0 bridgehead atoms. The van der Waals surface area contributed by atoms with Crippen molar-refractivity contribution in [2.24, 2.45) is 0 Å². The fourth-order valence-corrected chi connectivity index (χ4v) is 4.24. The van der Waals surface area contributed by atoms with Crippen LogP contribution in [-0.4, -0.2) is 75.9 Å². The molecule has 0 fully saturated rings. The molecule has 0 saturated heterocycles. The van der Waals surface area contributed by atoms with Gasteiger partial charge in [-0.05, 0) is 50.1 Å². The first kappa shape index (κ1) is 26.5. The Morgan fingerprint density at radius 2 is 1.76 bits per heavy atom. The summed E-state index contributed by atoms with van der Waals surface area (Å²) in [5, 5.41) is 2.77. The van der Waals surface area contributed by atoms with Crippen LogP contribution in [0.25, 0.3) is 0 Å². The first-order valence-electron chi connectivity index (χ1n) is 11.0. The number of nitrogens with zero attached hydrogens (tertiary/aromatic N) is 2. The summed E-state index contributed by atoms with van der Waals surface area (Å²) in [5.41, 5.74) is 1.03. The molecule has 182 valence electrons. The van der Waals surface area contributed by atoms with E-state index in [1.807, 2.05) is 38.1 Å². The van der Waals surface area contributed by atoms with Gasteiger partial charge in [0.05, 0.1) is 27.4 Å². The summed E-state index contributed by atoms with van der Waals surface area (Å²) in [6.07, 6.45) is 0.648. The van der Waals surface area contributed by atoms with Gasteiger partial charge >= 0.3 is 6.03 Å². The number of hydrogen-bond donors (Lipinski definition) is 1. The highest BCUT2D eigenvalue weighted by Gasteiger charge is 2.22. The third kappa shape index (κ3) is 8.25. The summed E-state index contributed by atoms with van der Waals surface area (Å²) < 4.78 is 15.8. The van der Waals surface area contributed by atoms with Gasteiger partial charge in [-0.3, -0.25) is 4.79 Å². The lowest BCUT2D eigenvalue weighted by atomic mass is 10.1. The van der Waals surface area contributed by atoms with E-state index < -0.39 is 0 Å². The number of methoxy groups -OCH3 is 3. The number of benzene rings is 1. The molecular formula is C24H35N3O5S. The number of rotatable bonds is 13. The third-order valence-corrected chi connectivity index (χ3v) is 6.11. The Morgan fingerprint density at radius 3 is 2.36 bits per heavy atom. The van der Waals surface area contributed by atoms with Crippen LogP contribution in [-0.2, 0) is 22.5 Å². The van der Waals surface area contributed by atoms with Gasteiger partial charge in [-0.15, -0.1) is 11.3 Å².